The number of hydrogen-bond acceptors (Lipinski definition) is 3. The van der Waals surface area contributed by atoms with Crippen LogP contribution >= 0.6 is 23.4 Å². The molecule has 7 heteroatoms. The van der Waals surface area contributed by atoms with Crippen LogP contribution in [0.5, 0.6) is 0 Å². The third kappa shape index (κ3) is 5.18. The number of piperidine rings is 1. The number of thioether (sulfide) groups is 1. The lowest BCUT2D eigenvalue weighted by atomic mass is 10.1. The van der Waals surface area contributed by atoms with E-state index in [0.29, 0.717) is 11.4 Å². The Kier molecular flexibility index (Phi) is 6.51. The average molecular weight is 345 g/mol. The maximum atomic E-state index is 13.0. The summed E-state index contributed by atoms with van der Waals surface area (Å²) < 4.78 is 13.0. The van der Waals surface area contributed by atoms with Gasteiger partial charge in [0.25, 0.3) is 0 Å². The molecule has 4 nitrogen and oxygen atoms in total. The van der Waals surface area contributed by atoms with Crippen LogP contribution in [0.25, 0.3) is 0 Å². The van der Waals surface area contributed by atoms with Crippen LogP contribution in [0.3, 0.4) is 0 Å². The number of benzene rings is 1. The van der Waals surface area contributed by atoms with Crippen LogP contribution in [0.1, 0.15) is 19.3 Å². The van der Waals surface area contributed by atoms with E-state index in [2.05, 4.69) is 5.32 Å². The molecule has 0 aliphatic carbocycles. The molecule has 2 amide bonds. The molecule has 1 aromatic carbocycles. The normalized spacial score (nSPS) is 14.7. The Balaban J connectivity index is 1.71. The van der Waals surface area contributed by atoms with Gasteiger partial charge in [-0.3, -0.25) is 9.59 Å². The lowest BCUT2D eigenvalue weighted by molar-refractivity contribution is -0.129. The molecule has 1 saturated heterocycles. The van der Waals surface area contributed by atoms with Crippen LogP contribution in [-0.2, 0) is 9.59 Å². The van der Waals surface area contributed by atoms with Gasteiger partial charge in [-0.05, 0) is 37.5 Å². The largest absolute Gasteiger partial charge is 0.342 e. The molecule has 2 rings (SSSR count). The lowest BCUT2D eigenvalue weighted by Crippen LogP contribution is -2.37. The minimum Gasteiger partial charge on any atom is -0.342 e. The van der Waals surface area contributed by atoms with Gasteiger partial charge in [0.2, 0.25) is 11.8 Å². The molecule has 120 valence electrons. The number of anilines is 1. The minimum atomic E-state index is -0.527. The fraction of sp³-hybridized carbons (Fsp3) is 0.467. The molecular weight excluding hydrogens is 327 g/mol. The van der Waals surface area contributed by atoms with Gasteiger partial charge in [-0.25, -0.2) is 4.39 Å². The van der Waals surface area contributed by atoms with Crippen molar-refractivity contribution in [2.75, 3.05) is 29.9 Å². The molecule has 0 saturated carbocycles. The third-order valence-electron chi connectivity index (χ3n) is 3.37. The summed E-state index contributed by atoms with van der Waals surface area (Å²) in [7, 11) is 0. The van der Waals surface area contributed by atoms with Gasteiger partial charge in [-0.15, -0.1) is 11.8 Å². The summed E-state index contributed by atoms with van der Waals surface area (Å²) in [6.07, 6.45) is 3.30. The Bertz CT molecular complexity index is 550. The number of nitrogens with one attached hydrogen (secondary N) is 1. The van der Waals surface area contributed by atoms with Crippen LogP contribution in [0.2, 0.25) is 5.02 Å². The van der Waals surface area contributed by atoms with E-state index in [1.165, 1.54) is 36.4 Å². The molecule has 1 aromatic rings. The Hall–Kier alpha value is -1.27. The second-order valence-corrected chi connectivity index (χ2v) is 6.50. The highest BCUT2D eigenvalue weighted by Crippen LogP contribution is 2.19. The van der Waals surface area contributed by atoms with Gasteiger partial charge < -0.3 is 10.2 Å². The number of nitrogens with zero attached hydrogens (tertiary/aromatic N) is 1. The van der Waals surface area contributed by atoms with E-state index in [4.69, 9.17) is 11.6 Å². The summed E-state index contributed by atoms with van der Waals surface area (Å²) in [5.74, 6) is -0.200. The Morgan fingerprint density at radius 1 is 1.23 bits per heavy atom. The van der Waals surface area contributed by atoms with Gasteiger partial charge in [0.15, 0.2) is 0 Å². The molecule has 0 atom stereocenters. The standard InChI is InChI=1S/C15H18ClFN2O2S/c16-12-8-11(4-5-13(12)17)18-14(20)9-22-10-15(21)19-6-2-1-3-7-19/h4-5,8H,1-3,6-7,9-10H2,(H,18,20). The SMILES string of the molecule is O=C(CSCC(=O)N1CCCCC1)Nc1ccc(F)c(Cl)c1. The van der Waals surface area contributed by atoms with Crippen molar-refractivity contribution >= 4 is 40.9 Å². The van der Waals surface area contributed by atoms with Gasteiger partial charge in [-0.2, -0.15) is 0 Å². The van der Waals surface area contributed by atoms with Crippen molar-refractivity contribution in [3.8, 4) is 0 Å². The van der Waals surface area contributed by atoms with Crippen molar-refractivity contribution in [1.82, 2.24) is 4.90 Å². The highest BCUT2D eigenvalue weighted by molar-refractivity contribution is 8.00. The molecule has 0 unspecified atom stereocenters. The van der Waals surface area contributed by atoms with E-state index in [1.54, 1.807) is 0 Å². The highest BCUT2D eigenvalue weighted by Gasteiger charge is 2.16. The zero-order chi connectivity index (χ0) is 15.9. The van der Waals surface area contributed by atoms with Gasteiger partial charge in [0.05, 0.1) is 16.5 Å². The van der Waals surface area contributed by atoms with Crippen molar-refractivity contribution in [2.45, 2.75) is 19.3 Å². The van der Waals surface area contributed by atoms with Gasteiger partial charge in [-0.1, -0.05) is 11.6 Å². The molecule has 1 heterocycles. The number of likely N-dealkylation sites (tertiary alicyclic amines) is 1. The number of hydrogen-bond donors (Lipinski definition) is 1. The van der Waals surface area contributed by atoms with Crippen molar-refractivity contribution in [3.63, 3.8) is 0 Å². The Morgan fingerprint density at radius 2 is 1.95 bits per heavy atom. The van der Waals surface area contributed by atoms with E-state index < -0.39 is 5.82 Å². The van der Waals surface area contributed by atoms with E-state index in [1.807, 2.05) is 4.90 Å². The first-order chi connectivity index (χ1) is 10.6. The maximum absolute atomic E-state index is 13.0. The molecule has 1 fully saturated rings. The molecule has 1 N–H and O–H groups in total. The summed E-state index contributed by atoms with van der Waals surface area (Å²) in [5.41, 5.74) is 0.444. The van der Waals surface area contributed by atoms with Crippen LogP contribution < -0.4 is 5.32 Å². The number of amides is 2. The fourth-order valence-corrected chi connectivity index (χ4v) is 3.13. The summed E-state index contributed by atoms with van der Waals surface area (Å²) in [6, 6.07) is 4.01. The molecule has 0 aromatic heterocycles. The predicted octanol–water partition coefficient (Wildman–Crippen LogP) is 3.16. The minimum absolute atomic E-state index is 0.0364. The monoisotopic (exact) mass is 344 g/mol. The third-order valence-corrected chi connectivity index (χ3v) is 4.58. The molecule has 1 aliphatic heterocycles. The number of halogens is 2. The second kappa shape index (κ2) is 8.39. The van der Waals surface area contributed by atoms with Crippen molar-refractivity contribution in [1.29, 1.82) is 0 Å². The average Bonchev–Trinajstić information content (AvgIpc) is 2.51. The van der Waals surface area contributed by atoms with Crippen molar-refractivity contribution < 1.29 is 14.0 Å². The smallest absolute Gasteiger partial charge is 0.234 e. The zero-order valence-electron chi connectivity index (χ0n) is 12.1. The second-order valence-electron chi connectivity index (χ2n) is 5.11. The van der Waals surface area contributed by atoms with Gasteiger partial charge >= 0.3 is 0 Å². The topological polar surface area (TPSA) is 49.4 Å². The first-order valence-electron chi connectivity index (χ1n) is 7.16. The zero-order valence-corrected chi connectivity index (χ0v) is 13.7. The van der Waals surface area contributed by atoms with Crippen LogP contribution in [-0.4, -0.2) is 41.3 Å². The van der Waals surface area contributed by atoms with E-state index in [-0.39, 0.29) is 22.6 Å². The maximum Gasteiger partial charge on any atom is 0.234 e. The molecule has 0 bridgehead atoms. The molecule has 0 spiro atoms. The summed E-state index contributed by atoms with van der Waals surface area (Å²) in [5, 5.41) is 2.59. The van der Waals surface area contributed by atoms with E-state index in [9.17, 15) is 14.0 Å². The predicted molar refractivity (Wildman–Crippen MR) is 87.8 cm³/mol. The van der Waals surface area contributed by atoms with Gasteiger partial charge in [0, 0.05) is 18.8 Å². The fourth-order valence-electron chi connectivity index (χ4n) is 2.24. The molecule has 0 radical (unpaired) electrons. The summed E-state index contributed by atoms with van der Waals surface area (Å²) >= 11 is 6.93. The molecule has 1 aliphatic rings. The summed E-state index contributed by atoms with van der Waals surface area (Å²) in [6.45, 7) is 1.64. The molecular formula is C15H18ClFN2O2S. The number of carbonyl (C=O) groups is 2. The van der Waals surface area contributed by atoms with Crippen LogP contribution in [0, 0.1) is 5.82 Å². The van der Waals surface area contributed by atoms with Crippen LogP contribution in [0.15, 0.2) is 18.2 Å². The first-order valence-corrected chi connectivity index (χ1v) is 8.70. The van der Waals surface area contributed by atoms with Gasteiger partial charge in [0.1, 0.15) is 5.82 Å². The summed E-state index contributed by atoms with van der Waals surface area (Å²) in [4.78, 5) is 25.6. The van der Waals surface area contributed by atoms with Crippen LogP contribution in [0.4, 0.5) is 10.1 Å². The first kappa shape index (κ1) is 17.1. The van der Waals surface area contributed by atoms with E-state index in [0.717, 1.165) is 25.9 Å². The van der Waals surface area contributed by atoms with E-state index >= 15 is 0 Å². The van der Waals surface area contributed by atoms with Crippen molar-refractivity contribution in [3.05, 3.63) is 29.0 Å². The lowest BCUT2D eigenvalue weighted by Gasteiger charge is -2.26. The quantitative estimate of drug-likeness (QED) is 0.892. The highest BCUT2D eigenvalue weighted by atomic mass is 35.5. The number of carbonyl (C=O) groups excluding carboxylic acids is 2. The van der Waals surface area contributed by atoms with Crippen molar-refractivity contribution in [2.24, 2.45) is 0 Å². The molecule has 22 heavy (non-hydrogen) atoms. The Labute approximate surface area is 138 Å². The Morgan fingerprint density at radius 3 is 2.64 bits per heavy atom. The number of rotatable bonds is 5.